The largest absolute Gasteiger partial charge is 0.490 e. The Kier molecular flexibility index (Phi) is 7.17. The number of aliphatic hydroxyl groups is 1. The van der Waals surface area contributed by atoms with E-state index in [0.717, 1.165) is 4.88 Å². The van der Waals surface area contributed by atoms with Gasteiger partial charge in [-0.25, -0.2) is 18.7 Å². The zero-order valence-corrected chi connectivity index (χ0v) is 19.2. The number of nitrogens with zero attached hydrogens (tertiary/aromatic N) is 1. The molecule has 1 aromatic heterocycles. The SMILES string of the molecule is CC1CC(COP(=O)(O)OP(=O)(O)OP(=O)(O)O)OC1c1scc2c1NC(N)=NC2O. The van der Waals surface area contributed by atoms with Crippen molar-refractivity contribution in [1.29, 1.82) is 0 Å². The van der Waals surface area contributed by atoms with Gasteiger partial charge in [-0.15, -0.1) is 11.3 Å². The Balaban J connectivity index is 1.62. The van der Waals surface area contributed by atoms with Crippen LogP contribution in [0.15, 0.2) is 10.4 Å². The lowest BCUT2D eigenvalue weighted by Crippen LogP contribution is -2.28. The highest BCUT2D eigenvalue weighted by molar-refractivity contribution is 7.66. The lowest BCUT2D eigenvalue weighted by Gasteiger charge is -2.21. The number of aliphatic imine (C=N–C) groups is 1. The van der Waals surface area contributed by atoms with Gasteiger partial charge in [0.25, 0.3) is 0 Å². The van der Waals surface area contributed by atoms with Gasteiger partial charge in [-0.2, -0.15) is 8.62 Å². The Bertz CT molecular complexity index is 1010. The molecule has 1 saturated heterocycles. The summed E-state index contributed by atoms with van der Waals surface area (Å²) in [4.78, 5) is 40.3. The van der Waals surface area contributed by atoms with Crippen molar-refractivity contribution in [3.8, 4) is 0 Å². The molecule has 31 heavy (non-hydrogen) atoms. The number of anilines is 1. The highest BCUT2D eigenvalue weighted by Gasteiger charge is 2.43. The first-order valence-corrected chi connectivity index (χ1v) is 13.9. The fourth-order valence-electron chi connectivity index (χ4n) is 3.13. The first-order valence-electron chi connectivity index (χ1n) is 8.49. The second-order valence-electron chi connectivity index (χ2n) is 6.72. The van der Waals surface area contributed by atoms with Crippen molar-refractivity contribution in [1.82, 2.24) is 0 Å². The molecule has 0 aromatic carbocycles. The Morgan fingerprint density at radius 2 is 1.94 bits per heavy atom. The average molecular weight is 523 g/mol. The van der Waals surface area contributed by atoms with E-state index in [-0.39, 0.29) is 11.9 Å². The summed E-state index contributed by atoms with van der Waals surface area (Å²) >= 11 is 1.30. The van der Waals surface area contributed by atoms with E-state index < -0.39 is 48.5 Å². The number of guanidine groups is 1. The minimum Gasteiger partial charge on any atom is -0.370 e. The minimum atomic E-state index is -5.58. The molecule has 0 amide bonds. The monoisotopic (exact) mass is 523 g/mol. The van der Waals surface area contributed by atoms with Gasteiger partial charge in [0.15, 0.2) is 12.2 Å². The molecule has 0 aliphatic carbocycles. The number of nitrogens with one attached hydrogen (secondary N) is 1. The summed E-state index contributed by atoms with van der Waals surface area (Å²) in [6.07, 6.45) is -1.94. The summed E-state index contributed by atoms with van der Waals surface area (Å²) < 4.78 is 51.7. The average Bonchev–Trinajstić information content (AvgIpc) is 3.12. The number of phosphoric ester groups is 1. The van der Waals surface area contributed by atoms with E-state index in [1.807, 2.05) is 6.92 Å². The Hall–Kier alpha value is -0.700. The molecule has 0 radical (unpaired) electrons. The number of fused-ring (bicyclic) bond motifs is 1. The second kappa shape index (κ2) is 8.92. The van der Waals surface area contributed by atoms with Crippen LogP contribution in [0.3, 0.4) is 0 Å². The lowest BCUT2D eigenvalue weighted by atomic mass is 9.99. The fourth-order valence-corrected chi connectivity index (χ4v) is 7.38. The van der Waals surface area contributed by atoms with Gasteiger partial charge in [0.05, 0.1) is 29.4 Å². The molecule has 0 spiro atoms. The molecule has 8 N–H and O–H groups in total. The van der Waals surface area contributed by atoms with Crippen LogP contribution in [0.2, 0.25) is 0 Å². The number of rotatable bonds is 8. The first kappa shape index (κ1) is 24.9. The lowest BCUT2D eigenvalue weighted by molar-refractivity contribution is 0.00635. The van der Waals surface area contributed by atoms with Gasteiger partial charge in [0.1, 0.15) is 0 Å². The van der Waals surface area contributed by atoms with Crippen LogP contribution in [0, 0.1) is 5.92 Å². The van der Waals surface area contributed by atoms with Crippen molar-refractivity contribution in [2.75, 3.05) is 11.9 Å². The summed E-state index contributed by atoms with van der Waals surface area (Å²) in [5.41, 5.74) is 6.76. The predicted molar refractivity (Wildman–Crippen MR) is 106 cm³/mol. The molecular formula is C12H20N3O12P3S. The molecule has 2 aliphatic rings. The number of nitrogens with two attached hydrogens (primary N) is 1. The third-order valence-corrected chi connectivity index (χ3v) is 9.09. The number of ether oxygens (including phenoxy) is 1. The van der Waals surface area contributed by atoms with Crippen LogP contribution >= 0.6 is 34.8 Å². The van der Waals surface area contributed by atoms with E-state index >= 15 is 0 Å². The molecule has 2 aliphatic heterocycles. The summed E-state index contributed by atoms with van der Waals surface area (Å²) in [5.74, 6) is -0.0502. The maximum absolute atomic E-state index is 11.9. The van der Waals surface area contributed by atoms with Crippen LogP contribution in [0.1, 0.15) is 36.1 Å². The van der Waals surface area contributed by atoms with Gasteiger partial charge in [-0.1, -0.05) is 6.92 Å². The van der Waals surface area contributed by atoms with E-state index in [9.17, 15) is 28.6 Å². The van der Waals surface area contributed by atoms with Gasteiger partial charge in [0.2, 0.25) is 0 Å². The van der Waals surface area contributed by atoms with Crippen molar-refractivity contribution in [2.45, 2.75) is 31.8 Å². The highest BCUT2D eigenvalue weighted by atomic mass is 32.1. The van der Waals surface area contributed by atoms with Crippen LogP contribution < -0.4 is 11.1 Å². The summed E-state index contributed by atoms with van der Waals surface area (Å²) in [5, 5.41) is 14.6. The van der Waals surface area contributed by atoms with Gasteiger partial charge < -0.3 is 40.5 Å². The molecule has 19 heteroatoms. The molecule has 3 rings (SSSR count). The zero-order valence-electron chi connectivity index (χ0n) is 15.7. The summed E-state index contributed by atoms with van der Waals surface area (Å²) in [6.45, 7) is 1.33. The van der Waals surface area contributed by atoms with Crippen LogP contribution in [0.5, 0.6) is 0 Å². The molecule has 176 valence electrons. The maximum Gasteiger partial charge on any atom is 0.490 e. The van der Waals surface area contributed by atoms with Crippen LogP contribution in [0.25, 0.3) is 0 Å². The molecule has 1 fully saturated rings. The Labute approximate surface area is 179 Å². The number of thiophene rings is 1. The van der Waals surface area contributed by atoms with E-state index in [1.54, 1.807) is 5.38 Å². The Morgan fingerprint density at radius 1 is 1.26 bits per heavy atom. The van der Waals surface area contributed by atoms with E-state index in [0.29, 0.717) is 17.7 Å². The normalized spacial score (nSPS) is 30.1. The van der Waals surface area contributed by atoms with Gasteiger partial charge in [-0.3, -0.25) is 4.52 Å². The number of hydrogen-bond acceptors (Lipinski definition) is 12. The van der Waals surface area contributed by atoms with Crippen molar-refractivity contribution >= 4 is 46.5 Å². The fraction of sp³-hybridized carbons (Fsp3) is 0.583. The molecule has 15 nitrogen and oxygen atoms in total. The molecule has 0 saturated carbocycles. The summed E-state index contributed by atoms with van der Waals surface area (Å²) in [7, 11) is -16.3. The van der Waals surface area contributed by atoms with E-state index in [2.05, 4.69) is 23.5 Å². The summed E-state index contributed by atoms with van der Waals surface area (Å²) in [6, 6.07) is 0. The molecule has 3 heterocycles. The van der Waals surface area contributed by atoms with Crippen LogP contribution in [0.4, 0.5) is 5.69 Å². The van der Waals surface area contributed by atoms with Crippen LogP contribution in [-0.4, -0.2) is 43.4 Å². The predicted octanol–water partition coefficient (Wildman–Crippen LogP) is 1.29. The van der Waals surface area contributed by atoms with E-state index in [4.69, 9.17) is 20.3 Å². The number of hydrogen-bond donors (Lipinski definition) is 7. The standard InChI is InChI=1S/C12H20N3O12P3S/c1-5-2-6(3-24-29(20,21)27-30(22,23)26-28(17,18)19)25-9(5)10-8-7(4-31-10)11(16)15-12(13)14-8/h4-6,9,11,16H,2-3H2,1H3,(H,20,21)(H,22,23)(H3,13,14,15)(H2,17,18,19). The van der Waals surface area contributed by atoms with Crippen LogP contribution in [-0.2, 0) is 31.6 Å². The molecule has 6 unspecified atom stereocenters. The third-order valence-electron chi connectivity index (χ3n) is 4.23. The topological polar surface area (TPSA) is 240 Å². The highest BCUT2D eigenvalue weighted by Crippen LogP contribution is 2.66. The molecular weight excluding hydrogens is 503 g/mol. The van der Waals surface area contributed by atoms with Gasteiger partial charge in [0, 0.05) is 10.9 Å². The van der Waals surface area contributed by atoms with Gasteiger partial charge in [-0.05, 0) is 12.3 Å². The molecule has 0 bridgehead atoms. The van der Waals surface area contributed by atoms with Gasteiger partial charge >= 0.3 is 23.5 Å². The van der Waals surface area contributed by atoms with Crippen molar-refractivity contribution in [3.05, 3.63) is 15.8 Å². The van der Waals surface area contributed by atoms with Crippen molar-refractivity contribution < 1.29 is 56.3 Å². The molecule has 6 atom stereocenters. The second-order valence-corrected chi connectivity index (χ2v) is 12.1. The first-order chi connectivity index (χ1) is 14.2. The maximum atomic E-state index is 11.9. The van der Waals surface area contributed by atoms with Crippen molar-refractivity contribution in [2.24, 2.45) is 16.6 Å². The number of aliphatic hydroxyl groups excluding tert-OH is 1. The number of phosphoric acid groups is 3. The quantitative estimate of drug-likeness (QED) is 0.238. The molecule has 1 aromatic rings. The zero-order chi connectivity index (χ0) is 23.2. The van der Waals surface area contributed by atoms with Crippen molar-refractivity contribution in [3.63, 3.8) is 0 Å². The third kappa shape index (κ3) is 6.42. The minimum absolute atomic E-state index is 0.0366. The Morgan fingerprint density at radius 3 is 2.58 bits per heavy atom. The van der Waals surface area contributed by atoms with E-state index in [1.165, 1.54) is 11.3 Å². The smallest absolute Gasteiger partial charge is 0.370 e.